The highest BCUT2D eigenvalue weighted by atomic mass is 16.5. The molecule has 0 radical (unpaired) electrons. The van der Waals surface area contributed by atoms with E-state index in [0.29, 0.717) is 25.8 Å². The van der Waals surface area contributed by atoms with Gasteiger partial charge in [-0.05, 0) is 25.7 Å². The summed E-state index contributed by atoms with van der Waals surface area (Å²) in [6.07, 6.45) is 6.65. The maximum atomic E-state index is 11.5. The second kappa shape index (κ2) is 10.1. The number of nitrogens with one attached hydrogen (secondary N) is 2. The molecule has 1 saturated carbocycles. The lowest BCUT2D eigenvalue weighted by Crippen LogP contribution is -2.41. The lowest BCUT2D eigenvalue weighted by Gasteiger charge is -2.12. The van der Waals surface area contributed by atoms with Crippen LogP contribution in [0.4, 0.5) is 4.79 Å². The second-order valence-electron chi connectivity index (χ2n) is 4.69. The largest absolute Gasteiger partial charge is 0.382 e. The van der Waals surface area contributed by atoms with Crippen LogP contribution in [0.3, 0.4) is 0 Å². The van der Waals surface area contributed by atoms with Gasteiger partial charge < -0.3 is 20.1 Å². The minimum atomic E-state index is -0.0257. The number of carbonyl (C=O) groups is 1. The number of carbonyl (C=O) groups excluding carboxylic acids is 1. The molecule has 0 spiro atoms. The molecule has 0 unspecified atom stereocenters. The third-order valence-corrected chi connectivity index (χ3v) is 3.12. The predicted octanol–water partition coefficient (Wildman–Crippen LogP) is 1.67. The van der Waals surface area contributed by atoms with Gasteiger partial charge in [0.1, 0.15) is 0 Å². The minimum Gasteiger partial charge on any atom is -0.382 e. The molecule has 1 rings (SSSR count). The van der Waals surface area contributed by atoms with Crippen LogP contribution in [0.1, 0.15) is 38.5 Å². The third kappa shape index (κ3) is 7.50. The minimum absolute atomic E-state index is 0.0257. The van der Waals surface area contributed by atoms with Gasteiger partial charge in [-0.1, -0.05) is 12.8 Å². The molecule has 5 nitrogen and oxygen atoms in total. The van der Waals surface area contributed by atoms with Gasteiger partial charge in [0.25, 0.3) is 0 Å². The van der Waals surface area contributed by atoms with Crippen molar-refractivity contribution >= 4 is 6.03 Å². The Morgan fingerprint density at radius 1 is 1.17 bits per heavy atom. The summed E-state index contributed by atoms with van der Waals surface area (Å²) < 4.78 is 10.2. The van der Waals surface area contributed by atoms with Gasteiger partial charge in [-0.25, -0.2) is 4.79 Å². The van der Waals surface area contributed by atoms with Gasteiger partial charge in [0, 0.05) is 26.3 Å². The maximum Gasteiger partial charge on any atom is 0.315 e. The Hall–Kier alpha value is -0.810. The van der Waals surface area contributed by atoms with Gasteiger partial charge in [-0.15, -0.1) is 0 Å². The highest BCUT2D eigenvalue weighted by Crippen LogP contribution is 2.17. The zero-order valence-electron chi connectivity index (χ0n) is 11.4. The number of urea groups is 1. The van der Waals surface area contributed by atoms with Crippen molar-refractivity contribution in [2.45, 2.75) is 44.6 Å². The molecule has 0 aromatic carbocycles. The maximum absolute atomic E-state index is 11.5. The zero-order valence-corrected chi connectivity index (χ0v) is 11.4. The van der Waals surface area contributed by atoms with Crippen LogP contribution < -0.4 is 10.6 Å². The number of amides is 2. The van der Waals surface area contributed by atoms with E-state index in [1.54, 1.807) is 7.11 Å². The Morgan fingerprint density at radius 2 is 1.94 bits per heavy atom. The monoisotopic (exact) mass is 258 g/mol. The molecule has 0 aromatic rings. The normalized spacial score (nSPS) is 15.8. The Labute approximate surface area is 110 Å². The molecule has 0 aliphatic heterocycles. The van der Waals surface area contributed by atoms with E-state index < -0.39 is 0 Å². The standard InChI is InChI=1S/C13H26N2O3/c1-17-10-11-18-9-5-4-8-14-13(16)15-12-6-2-3-7-12/h12H,2-11H2,1H3,(H2,14,15,16). The van der Waals surface area contributed by atoms with Crippen molar-refractivity contribution in [3.63, 3.8) is 0 Å². The topological polar surface area (TPSA) is 59.6 Å². The summed E-state index contributed by atoms with van der Waals surface area (Å²) in [7, 11) is 1.66. The lowest BCUT2D eigenvalue weighted by atomic mass is 10.2. The summed E-state index contributed by atoms with van der Waals surface area (Å²) in [4.78, 5) is 11.5. The fourth-order valence-electron chi connectivity index (χ4n) is 2.08. The molecule has 1 fully saturated rings. The lowest BCUT2D eigenvalue weighted by molar-refractivity contribution is 0.0688. The molecule has 0 bridgehead atoms. The Kier molecular flexibility index (Phi) is 8.59. The smallest absolute Gasteiger partial charge is 0.315 e. The molecule has 0 heterocycles. The first-order chi connectivity index (χ1) is 8.83. The van der Waals surface area contributed by atoms with Crippen LogP contribution in [0, 0.1) is 0 Å². The highest BCUT2D eigenvalue weighted by molar-refractivity contribution is 5.74. The molecule has 0 aromatic heterocycles. The Bertz CT molecular complexity index is 218. The van der Waals surface area contributed by atoms with Crippen LogP contribution in [0.15, 0.2) is 0 Å². The van der Waals surface area contributed by atoms with Gasteiger partial charge in [-0.3, -0.25) is 0 Å². The molecular weight excluding hydrogens is 232 g/mol. The average Bonchev–Trinajstić information content (AvgIpc) is 2.85. The third-order valence-electron chi connectivity index (χ3n) is 3.12. The van der Waals surface area contributed by atoms with Crippen LogP contribution in [0.25, 0.3) is 0 Å². The number of hydrogen-bond donors (Lipinski definition) is 2. The number of ether oxygens (including phenoxy) is 2. The van der Waals surface area contributed by atoms with E-state index in [2.05, 4.69) is 10.6 Å². The molecule has 2 amide bonds. The van der Waals surface area contributed by atoms with Crippen molar-refractivity contribution < 1.29 is 14.3 Å². The van der Waals surface area contributed by atoms with E-state index in [1.165, 1.54) is 12.8 Å². The van der Waals surface area contributed by atoms with Crippen LogP contribution in [-0.4, -0.2) is 45.5 Å². The summed E-state index contributed by atoms with van der Waals surface area (Å²) in [6, 6.07) is 0.365. The van der Waals surface area contributed by atoms with Crippen molar-refractivity contribution in [3.05, 3.63) is 0 Å². The molecule has 0 atom stereocenters. The quantitative estimate of drug-likeness (QED) is 0.618. The zero-order chi connectivity index (χ0) is 13.1. The number of methoxy groups -OCH3 is 1. The van der Waals surface area contributed by atoms with Crippen molar-refractivity contribution in [2.75, 3.05) is 33.5 Å². The van der Waals surface area contributed by atoms with Gasteiger partial charge >= 0.3 is 6.03 Å². The van der Waals surface area contributed by atoms with Gasteiger partial charge in [0.2, 0.25) is 0 Å². The van der Waals surface area contributed by atoms with E-state index in [1.807, 2.05) is 0 Å². The summed E-state index contributed by atoms with van der Waals surface area (Å²) in [5, 5.41) is 5.88. The van der Waals surface area contributed by atoms with E-state index in [4.69, 9.17) is 9.47 Å². The number of hydrogen-bond acceptors (Lipinski definition) is 3. The molecule has 1 aliphatic rings. The molecule has 18 heavy (non-hydrogen) atoms. The average molecular weight is 258 g/mol. The first-order valence-electron chi connectivity index (χ1n) is 6.94. The molecular formula is C13H26N2O3. The summed E-state index contributed by atoms with van der Waals surface area (Å²) in [5.74, 6) is 0. The molecule has 2 N–H and O–H groups in total. The first-order valence-corrected chi connectivity index (χ1v) is 6.94. The van der Waals surface area contributed by atoms with E-state index in [9.17, 15) is 4.79 Å². The highest BCUT2D eigenvalue weighted by Gasteiger charge is 2.16. The second-order valence-corrected chi connectivity index (χ2v) is 4.69. The molecule has 0 saturated heterocycles. The molecule has 106 valence electrons. The fraction of sp³-hybridized carbons (Fsp3) is 0.923. The molecule has 5 heteroatoms. The molecule has 1 aliphatic carbocycles. The SMILES string of the molecule is COCCOCCCCNC(=O)NC1CCCC1. The fourth-order valence-corrected chi connectivity index (χ4v) is 2.08. The Balaban J connectivity index is 1.83. The van der Waals surface area contributed by atoms with Gasteiger partial charge in [0.05, 0.1) is 13.2 Å². The number of rotatable bonds is 9. The van der Waals surface area contributed by atoms with Crippen LogP contribution in [-0.2, 0) is 9.47 Å². The van der Waals surface area contributed by atoms with Crippen LogP contribution in [0.2, 0.25) is 0 Å². The first kappa shape index (κ1) is 15.2. The summed E-state index contributed by atoms with van der Waals surface area (Å²) >= 11 is 0. The van der Waals surface area contributed by atoms with Gasteiger partial charge in [0.15, 0.2) is 0 Å². The van der Waals surface area contributed by atoms with Crippen molar-refractivity contribution in [3.8, 4) is 0 Å². The van der Waals surface area contributed by atoms with E-state index in [-0.39, 0.29) is 6.03 Å². The van der Waals surface area contributed by atoms with Crippen molar-refractivity contribution in [1.82, 2.24) is 10.6 Å². The van der Waals surface area contributed by atoms with Gasteiger partial charge in [-0.2, -0.15) is 0 Å². The van der Waals surface area contributed by atoms with Crippen LogP contribution in [0.5, 0.6) is 0 Å². The van der Waals surface area contributed by atoms with E-state index in [0.717, 1.165) is 32.3 Å². The summed E-state index contributed by atoms with van der Waals surface area (Å²) in [6.45, 7) is 2.73. The van der Waals surface area contributed by atoms with Crippen molar-refractivity contribution in [1.29, 1.82) is 0 Å². The van der Waals surface area contributed by atoms with E-state index >= 15 is 0 Å². The van der Waals surface area contributed by atoms with Crippen LogP contribution >= 0.6 is 0 Å². The predicted molar refractivity (Wildman–Crippen MR) is 70.7 cm³/mol. The summed E-state index contributed by atoms with van der Waals surface area (Å²) in [5.41, 5.74) is 0. The van der Waals surface area contributed by atoms with Crippen molar-refractivity contribution in [2.24, 2.45) is 0 Å². The Morgan fingerprint density at radius 3 is 2.67 bits per heavy atom. The number of unbranched alkanes of at least 4 members (excludes halogenated alkanes) is 1.